The maximum atomic E-state index is 13.5. The van der Waals surface area contributed by atoms with E-state index < -0.39 is 29.0 Å². The highest BCUT2D eigenvalue weighted by Gasteiger charge is 2.21. The summed E-state index contributed by atoms with van der Waals surface area (Å²) < 4.78 is 53.8. The fourth-order valence-electron chi connectivity index (χ4n) is 1.50. The highest BCUT2D eigenvalue weighted by molar-refractivity contribution is 5.39. The van der Waals surface area contributed by atoms with Crippen LogP contribution in [0.5, 0.6) is 0 Å². The summed E-state index contributed by atoms with van der Waals surface area (Å²) >= 11 is 0. The van der Waals surface area contributed by atoms with Gasteiger partial charge in [0.2, 0.25) is 0 Å². The first kappa shape index (κ1) is 11.6. The maximum Gasteiger partial charge on any atom is 0.196 e. The zero-order chi connectivity index (χ0) is 12.7. The molecule has 0 bridgehead atoms. The van der Waals surface area contributed by atoms with Crippen LogP contribution in [0.1, 0.15) is 11.4 Å². The van der Waals surface area contributed by atoms with E-state index in [-0.39, 0.29) is 0 Å². The molecule has 2 nitrogen and oxygen atoms in total. The Morgan fingerprint density at radius 3 is 2.18 bits per heavy atom. The topological polar surface area (TPSA) is 17.8 Å². The van der Waals surface area contributed by atoms with Gasteiger partial charge in [0.1, 0.15) is 5.69 Å². The number of benzene rings is 1. The van der Waals surface area contributed by atoms with Gasteiger partial charge in [-0.25, -0.2) is 22.5 Å². The van der Waals surface area contributed by atoms with Crippen LogP contribution < -0.4 is 0 Å². The van der Waals surface area contributed by atoms with E-state index in [1.54, 1.807) is 13.8 Å². The molecule has 1 aromatic heterocycles. The SMILES string of the molecule is Cc1ncn(-c2c(F)cc(F)c(F)c2F)c1C. The smallest absolute Gasteiger partial charge is 0.196 e. The van der Waals surface area contributed by atoms with Gasteiger partial charge in [-0.2, -0.15) is 0 Å². The van der Waals surface area contributed by atoms with Gasteiger partial charge in [0.05, 0.1) is 12.0 Å². The average molecular weight is 244 g/mol. The van der Waals surface area contributed by atoms with E-state index in [2.05, 4.69) is 4.98 Å². The van der Waals surface area contributed by atoms with E-state index in [0.717, 1.165) is 10.9 Å². The van der Waals surface area contributed by atoms with Crippen LogP contribution in [0.15, 0.2) is 12.4 Å². The Morgan fingerprint density at radius 1 is 1.00 bits per heavy atom. The molecule has 0 saturated carbocycles. The van der Waals surface area contributed by atoms with Crippen molar-refractivity contribution in [3.63, 3.8) is 0 Å². The summed E-state index contributed by atoms with van der Waals surface area (Å²) in [6.45, 7) is 3.21. The zero-order valence-corrected chi connectivity index (χ0v) is 9.06. The van der Waals surface area contributed by atoms with Gasteiger partial charge in [-0.3, -0.25) is 4.57 Å². The van der Waals surface area contributed by atoms with Gasteiger partial charge in [0.25, 0.3) is 0 Å². The monoisotopic (exact) mass is 244 g/mol. The Balaban J connectivity index is 2.76. The van der Waals surface area contributed by atoms with Gasteiger partial charge in [-0.1, -0.05) is 0 Å². The molecule has 2 aromatic rings. The molecular formula is C11H8F4N2. The van der Waals surface area contributed by atoms with Crippen LogP contribution >= 0.6 is 0 Å². The van der Waals surface area contributed by atoms with Crippen LogP contribution in [-0.2, 0) is 0 Å². The van der Waals surface area contributed by atoms with E-state index in [0.29, 0.717) is 17.5 Å². The largest absolute Gasteiger partial charge is 0.298 e. The first-order chi connectivity index (χ1) is 7.93. The van der Waals surface area contributed by atoms with Crippen LogP contribution in [0.4, 0.5) is 17.6 Å². The van der Waals surface area contributed by atoms with Crippen molar-refractivity contribution in [2.75, 3.05) is 0 Å². The minimum Gasteiger partial charge on any atom is -0.298 e. The second kappa shape index (κ2) is 3.87. The summed E-state index contributed by atoms with van der Waals surface area (Å²) in [5, 5.41) is 0. The fourth-order valence-corrected chi connectivity index (χ4v) is 1.50. The average Bonchev–Trinajstić information content (AvgIpc) is 2.58. The molecule has 0 aliphatic rings. The maximum absolute atomic E-state index is 13.5. The molecule has 0 amide bonds. The van der Waals surface area contributed by atoms with Crippen LogP contribution in [0.2, 0.25) is 0 Å². The number of halogens is 4. The second-order valence-corrected chi connectivity index (χ2v) is 3.60. The Labute approximate surface area is 94.5 Å². The van der Waals surface area contributed by atoms with Gasteiger partial charge >= 0.3 is 0 Å². The molecule has 0 unspecified atom stereocenters. The number of imidazole rings is 1. The fraction of sp³-hybridized carbons (Fsp3) is 0.182. The molecule has 0 aliphatic heterocycles. The van der Waals surface area contributed by atoms with Crippen molar-refractivity contribution in [1.82, 2.24) is 9.55 Å². The lowest BCUT2D eigenvalue weighted by atomic mass is 10.2. The van der Waals surface area contributed by atoms with Crippen molar-refractivity contribution < 1.29 is 17.6 Å². The molecule has 0 radical (unpaired) electrons. The number of aryl methyl sites for hydroxylation is 1. The molecule has 17 heavy (non-hydrogen) atoms. The lowest BCUT2D eigenvalue weighted by Gasteiger charge is -2.09. The third-order valence-electron chi connectivity index (χ3n) is 2.58. The van der Waals surface area contributed by atoms with Crippen LogP contribution in [0.3, 0.4) is 0 Å². The van der Waals surface area contributed by atoms with Crippen molar-refractivity contribution in [3.8, 4) is 5.69 Å². The molecule has 90 valence electrons. The Bertz CT molecular complexity index is 590. The molecule has 0 atom stereocenters. The van der Waals surface area contributed by atoms with Crippen LogP contribution in [0.25, 0.3) is 5.69 Å². The standard InChI is InChI=1S/C11H8F4N2/c1-5-6(2)17(4-16-5)11-8(13)3-7(12)9(14)10(11)15/h3-4H,1-2H3. The number of rotatable bonds is 1. The molecule has 0 aliphatic carbocycles. The predicted molar refractivity (Wildman–Crippen MR) is 52.9 cm³/mol. The first-order valence-corrected chi connectivity index (χ1v) is 4.77. The molecule has 1 aromatic carbocycles. The second-order valence-electron chi connectivity index (χ2n) is 3.60. The highest BCUT2D eigenvalue weighted by atomic mass is 19.2. The van der Waals surface area contributed by atoms with E-state index in [9.17, 15) is 17.6 Å². The number of hydrogen-bond donors (Lipinski definition) is 0. The van der Waals surface area contributed by atoms with Crippen molar-refractivity contribution in [2.45, 2.75) is 13.8 Å². The number of hydrogen-bond acceptors (Lipinski definition) is 1. The minimum absolute atomic E-state index is 0.308. The lowest BCUT2D eigenvalue weighted by Crippen LogP contribution is -2.06. The first-order valence-electron chi connectivity index (χ1n) is 4.77. The van der Waals surface area contributed by atoms with Gasteiger partial charge in [0.15, 0.2) is 23.3 Å². The molecule has 0 N–H and O–H groups in total. The molecule has 0 saturated heterocycles. The normalized spacial score (nSPS) is 10.9. The lowest BCUT2D eigenvalue weighted by molar-refractivity contribution is 0.430. The molecule has 2 rings (SSSR count). The zero-order valence-electron chi connectivity index (χ0n) is 9.06. The van der Waals surface area contributed by atoms with E-state index in [4.69, 9.17) is 0 Å². The summed E-state index contributed by atoms with van der Waals surface area (Å²) in [5.74, 6) is -6.00. The Hall–Kier alpha value is -1.85. The van der Waals surface area contributed by atoms with Crippen molar-refractivity contribution in [3.05, 3.63) is 47.1 Å². The third kappa shape index (κ3) is 1.69. The van der Waals surface area contributed by atoms with E-state index >= 15 is 0 Å². The van der Waals surface area contributed by atoms with Crippen LogP contribution in [0, 0.1) is 37.1 Å². The van der Waals surface area contributed by atoms with Gasteiger partial charge < -0.3 is 0 Å². The molecule has 0 spiro atoms. The summed E-state index contributed by atoms with van der Waals surface area (Å²) in [6.07, 6.45) is 1.16. The summed E-state index contributed by atoms with van der Waals surface area (Å²) in [7, 11) is 0. The molecule has 6 heteroatoms. The van der Waals surface area contributed by atoms with Crippen molar-refractivity contribution >= 4 is 0 Å². The highest BCUT2D eigenvalue weighted by Crippen LogP contribution is 2.24. The van der Waals surface area contributed by atoms with Crippen molar-refractivity contribution in [2.24, 2.45) is 0 Å². The summed E-state index contributed by atoms with van der Waals surface area (Å²) in [6, 6.07) is 0.308. The number of nitrogens with zero attached hydrogens (tertiary/aromatic N) is 2. The third-order valence-corrected chi connectivity index (χ3v) is 2.58. The van der Waals surface area contributed by atoms with E-state index in [1.807, 2.05) is 0 Å². The molecular weight excluding hydrogens is 236 g/mol. The number of aromatic nitrogens is 2. The van der Waals surface area contributed by atoms with Gasteiger partial charge in [0, 0.05) is 11.8 Å². The Morgan fingerprint density at radius 2 is 1.65 bits per heavy atom. The summed E-state index contributed by atoms with van der Waals surface area (Å²) in [4.78, 5) is 3.84. The van der Waals surface area contributed by atoms with Gasteiger partial charge in [-0.05, 0) is 13.8 Å². The minimum atomic E-state index is -1.70. The predicted octanol–water partition coefficient (Wildman–Crippen LogP) is 3.05. The summed E-state index contributed by atoms with van der Waals surface area (Å²) in [5.41, 5.74) is 0.337. The molecule has 1 heterocycles. The van der Waals surface area contributed by atoms with Crippen LogP contribution in [-0.4, -0.2) is 9.55 Å². The van der Waals surface area contributed by atoms with Gasteiger partial charge in [-0.15, -0.1) is 0 Å². The quantitative estimate of drug-likeness (QED) is 0.428. The molecule has 0 fully saturated rings. The Kier molecular flexibility index (Phi) is 2.65. The van der Waals surface area contributed by atoms with E-state index in [1.165, 1.54) is 0 Å². The van der Waals surface area contributed by atoms with Crippen molar-refractivity contribution in [1.29, 1.82) is 0 Å².